The lowest BCUT2D eigenvalue weighted by Crippen LogP contribution is -2.31. The second kappa shape index (κ2) is 4.24. The molecule has 1 N–H and O–H groups in total. The number of halogens is 5. The van der Waals surface area contributed by atoms with Gasteiger partial charge in [0, 0.05) is 0 Å². The van der Waals surface area contributed by atoms with E-state index in [1.807, 2.05) is 0 Å². The minimum absolute atomic E-state index is 0.182. The molecule has 80 valence electrons. The molecule has 1 heterocycles. The van der Waals surface area contributed by atoms with Crippen molar-refractivity contribution in [2.24, 2.45) is 0 Å². The van der Waals surface area contributed by atoms with Gasteiger partial charge in [-0.05, 0) is 45.0 Å². The SMILES string of the molecule is CNC(c1cc(Br)c(Br)o1)C(F)(F)F. The Kier molecular flexibility index (Phi) is 3.65. The Labute approximate surface area is 95.1 Å². The Bertz CT molecular complexity index is 304. The van der Waals surface area contributed by atoms with Gasteiger partial charge >= 0.3 is 6.18 Å². The second-order valence-electron chi connectivity index (χ2n) is 2.53. The third-order valence-electron chi connectivity index (χ3n) is 1.56. The molecule has 0 aromatic carbocycles. The first-order valence-corrected chi connectivity index (χ1v) is 5.13. The summed E-state index contributed by atoms with van der Waals surface area (Å²) in [6.07, 6.45) is -4.37. The fourth-order valence-corrected chi connectivity index (χ4v) is 1.58. The number of furan rings is 1. The summed E-state index contributed by atoms with van der Waals surface area (Å²) in [7, 11) is 1.22. The molecule has 1 unspecified atom stereocenters. The molecular formula is C7H6Br2F3NO. The number of nitrogens with one attached hydrogen (secondary N) is 1. The van der Waals surface area contributed by atoms with Crippen molar-refractivity contribution in [2.45, 2.75) is 12.2 Å². The largest absolute Gasteiger partial charge is 0.451 e. The molecule has 0 aliphatic rings. The molecule has 0 saturated heterocycles. The minimum Gasteiger partial charge on any atom is -0.451 e. The second-order valence-corrected chi connectivity index (χ2v) is 4.11. The van der Waals surface area contributed by atoms with E-state index in [1.54, 1.807) is 0 Å². The molecule has 7 heteroatoms. The first kappa shape index (κ1) is 12.1. The molecule has 0 aliphatic heterocycles. The zero-order valence-corrected chi connectivity index (χ0v) is 10.1. The van der Waals surface area contributed by atoms with Gasteiger partial charge in [-0.3, -0.25) is 0 Å². The average molecular weight is 337 g/mol. The summed E-state index contributed by atoms with van der Waals surface area (Å²) < 4.78 is 42.8. The Morgan fingerprint density at radius 2 is 2.00 bits per heavy atom. The summed E-state index contributed by atoms with van der Waals surface area (Å²) in [6, 6.07) is -0.510. The predicted octanol–water partition coefficient (Wildman–Crippen LogP) is 3.63. The molecule has 0 amide bonds. The van der Waals surface area contributed by atoms with Crippen molar-refractivity contribution < 1.29 is 17.6 Å². The van der Waals surface area contributed by atoms with Crippen molar-refractivity contribution in [2.75, 3.05) is 7.05 Å². The molecule has 0 aliphatic carbocycles. The zero-order valence-electron chi connectivity index (χ0n) is 6.95. The van der Waals surface area contributed by atoms with Crippen LogP contribution in [-0.2, 0) is 0 Å². The summed E-state index contributed by atoms with van der Waals surface area (Å²) in [6.45, 7) is 0. The van der Waals surface area contributed by atoms with Crippen molar-refractivity contribution in [3.05, 3.63) is 21.0 Å². The van der Waals surface area contributed by atoms with Gasteiger partial charge in [-0.1, -0.05) is 0 Å². The lowest BCUT2D eigenvalue weighted by molar-refractivity contribution is -0.160. The van der Waals surface area contributed by atoms with Crippen LogP contribution in [0.25, 0.3) is 0 Å². The Morgan fingerprint density at radius 3 is 2.29 bits per heavy atom. The first-order chi connectivity index (χ1) is 6.36. The lowest BCUT2D eigenvalue weighted by Gasteiger charge is -2.16. The zero-order chi connectivity index (χ0) is 10.9. The average Bonchev–Trinajstić information content (AvgIpc) is 2.30. The van der Waals surface area contributed by atoms with Crippen LogP contribution in [0.4, 0.5) is 13.2 Å². The molecule has 1 aromatic rings. The van der Waals surface area contributed by atoms with Crippen LogP contribution in [-0.4, -0.2) is 13.2 Å². The van der Waals surface area contributed by atoms with Crippen LogP contribution >= 0.6 is 31.9 Å². The van der Waals surface area contributed by atoms with Gasteiger partial charge in [0.05, 0.1) is 4.47 Å². The molecule has 0 saturated carbocycles. The summed E-state index contributed by atoms with van der Waals surface area (Å²) in [4.78, 5) is 0. The number of rotatable bonds is 2. The highest BCUT2D eigenvalue weighted by molar-refractivity contribution is 9.13. The van der Waals surface area contributed by atoms with Crippen LogP contribution in [0.1, 0.15) is 11.8 Å². The normalized spacial score (nSPS) is 14.4. The third-order valence-corrected chi connectivity index (χ3v) is 3.27. The van der Waals surface area contributed by atoms with Gasteiger partial charge in [0.1, 0.15) is 5.76 Å². The van der Waals surface area contributed by atoms with Gasteiger partial charge in [0.25, 0.3) is 0 Å². The molecule has 2 nitrogen and oxygen atoms in total. The van der Waals surface area contributed by atoms with E-state index in [4.69, 9.17) is 4.42 Å². The van der Waals surface area contributed by atoms with Gasteiger partial charge in [0.2, 0.25) is 0 Å². The predicted molar refractivity (Wildman–Crippen MR) is 52.0 cm³/mol. The van der Waals surface area contributed by atoms with Crippen LogP contribution in [0.5, 0.6) is 0 Å². The van der Waals surface area contributed by atoms with E-state index in [1.165, 1.54) is 13.1 Å². The van der Waals surface area contributed by atoms with Gasteiger partial charge < -0.3 is 9.73 Å². The van der Waals surface area contributed by atoms with Crippen molar-refractivity contribution in [3.8, 4) is 0 Å². The maximum atomic E-state index is 12.4. The monoisotopic (exact) mass is 335 g/mol. The smallest absolute Gasteiger partial charge is 0.410 e. The Morgan fingerprint density at radius 1 is 1.43 bits per heavy atom. The fourth-order valence-electron chi connectivity index (χ4n) is 0.973. The molecule has 1 atom stereocenters. The Hall–Kier alpha value is -0.0100. The lowest BCUT2D eigenvalue weighted by atomic mass is 10.2. The van der Waals surface area contributed by atoms with Crippen molar-refractivity contribution in [1.29, 1.82) is 0 Å². The van der Waals surface area contributed by atoms with Crippen LogP contribution in [0.2, 0.25) is 0 Å². The van der Waals surface area contributed by atoms with E-state index in [2.05, 4.69) is 37.2 Å². The van der Waals surface area contributed by atoms with Crippen LogP contribution in [0, 0.1) is 0 Å². The molecule has 0 spiro atoms. The summed E-state index contributed by atoms with van der Waals surface area (Å²) in [5.74, 6) is -0.182. The van der Waals surface area contributed by atoms with E-state index in [0.717, 1.165) is 0 Å². The van der Waals surface area contributed by atoms with E-state index < -0.39 is 12.2 Å². The molecule has 0 fully saturated rings. The quantitative estimate of drug-likeness (QED) is 0.892. The molecule has 0 bridgehead atoms. The van der Waals surface area contributed by atoms with Gasteiger partial charge in [0.15, 0.2) is 10.7 Å². The maximum absolute atomic E-state index is 12.4. The van der Waals surface area contributed by atoms with Gasteiger partial charge in [-0.2, -0.15) is 13.2 Å². The highest BCUT2D eigenvalue weighted by atomic mass is 79.9. The van der Waals surface area contributed by atoms with E-state index in [0.29, 0.717) is 4.47 Å². The third kappa shape index (κ3) is 2.52. The molecule has 0 radical (unpaired) electrons. The summed E-state index contributed by atoms with van der Waals surface area (Å²) in [5.41, 5.74) is 0. The van der Waals surface area contributed by atoms with Crippen molar-refractivity contribution >= 4 is 31.9 Å². The van der Waals surface area contributed by atoms with Gasteiger partial charge in [-0.25, -0.2) is 0 Å². The minimum atomic E-state index is -4.37. The first-order valence-electron chi connectivity index (χ1n) is 3.55. The highest BCUT2D eigenvalue weighted by Crippen LogP contribution is 2.37. The molecule has 1 aromatic heterocycles. The molecule has 1 rings (SSSR count). The highest BCUT2D eigenvalue weighted by Gasteiger charge is 2.42. The summed E-state index contributed by atoms with van der Waals surface area (Å²) >= 11 is 6.02. The van der Waals surface area contributed by atoms with Crippen molar-refractivity contribution in [3.63, 3.8) is 0 Å². The summed E-state index contributed by atoms with van der Waals surface area (Å²) in [5, 5.41) is 2.14. The van der Waals surface area contributed by atoms with E-state index in [9.17, 15) is 13.2 Å². The molecule has 14 heavy (non-hydrogen) atoms. The fraction of sp³-hybridized carbons (Fsp3) is 0.429. The number of hydrogen-bond donors (Lipinski definition) is 1. The number of alkyl halides is 3. The molecular weight excluding hydrogens is 331 g/mol. The van der Waals surface area contributed by atoms with Crippen LogP contribution in [0.3, 0.4) is 0 Å². The maximum Gasteiger partial charge on any atom is 0.410 e. The standard InChI is InChI=1S/C7H6Br2F3NO/c1-13-5(7(10,11)12)4-2-3(8)6(9)14-4/h2,5,13H,1H3. The van der Waals surface area contributed by atoms with Gasteiger partial charge in [-0.15, -0.1) is 0 Å². The Balaban J connectivity index is 3.01. The van der Waals surface area contributed by atoms with E-state index >= 15 is 0 Å². The van der Waals surface area contributed by atoms with Crippen LogP contribution < -0.4 is 5.32 Å². The topological polar surface area (TPSA) is 25.2 Å². The van der Waals surface area contributed by atoms with E-state index in [-0.39, 0.29) is 10.4 Å². The number of hydrogen-bond acceptors (Lipinski definition) is 2. The van der Waals surface area contributed by atoms with Crippen molar-refractivity contribution in [1.82, 2.24) is 5.32 Å². The van der Waals surface area contributed by atoms with Crippen LogP contribution in [0.15, 0.2) is 19.6 Å².